The zero-order valence-corrected chi connectivity index (χ0v) is 12.0. The van der Waals surface area contributed by atoms with E-state index in [-0.39, 0.29) is 11.7 Å². The first kappa shape index (κ1) is 14.8. The molecule has 0 fully saturated rings. The van der Waals surface area contributed by atoms with Crippen molar-refractivity contribution in [1.29, 1.82) is 0 Å². The summed E-state index contributed by atoms with van der Waals surface area (Å²) in [6.07, 6.45) is 0.649. The van der Waals surface area contributed by atoms with Crippen LogP contribution in [0.1, 0.15) is 17.0 Å². The molecule has 0 bridgehead atoms. The van der Waals surface area contributed by atoms with E-state index in [2.05, 4.69) is 0 Å². The summed E-state index contributed by atoms with van der Waals surface area (Å²) in [5.74, 6) is 0.313. The van der Waals surface area contributed by atoms with Crippen molar-refractivity contribution >= 4 is 11.6 Å². The van der Waals surface area contributed by atoms with Crippen LogP contribution in [0.3, 0.4) is 0 Å². The first-order chi connectivity index (χ1) is 9.65. The van der Waals surface area contributed by atoms with Gasteiger partial charge in [0.05, 0.1) is 7.11 Å². The van der Waals surface area contributed by atoms with Crippen LogP contribution in [-0.4, -0.2) is 13.7 Å². The number of hydrogen-bond acceptors (Lipinski definition) is 2. The SMILES string of the molecule is COc1ccc(F)cc1C(CN)Cc1ccccc1Cl. The van der Waals surface area contributed by atoms with E-state index >= 15 is 0 Å². The third-order valence-corrected chi connectivity index (χ3v) is 3.71. The number of methoxy groups -OCH3 is 1. The summed E-state index contributed by atoms with van der Waals surface area (Å²) in [5, 5.41) is 0.696. The molecule has 0 heterocycles. The molecule has 0 saturated carbocycles. The Morgan fingerprint density at radius 1 is 1.25 bits per heavy atom. The topological polar surface area (TPSA) is 35.2 Å². The Hall–Kier alpha value is -1.58. The highest BCUT2D eigenvalue weighted by Gasteiger charge is 2.17. The highest BCUT2D eigenvalue weighted by atomic mass is 35.5. The lowest BCUT2D eigenvalue weighted by Crippen LogP contribution is -2.16. The molecule has 106 valence electrons. The van der Waals surface area contributed by atoms with Crippen LogP contribution >= 0.6 is 11.6 Å². The predicted octanol–water partition coefficient (Wildman–Crippen LogP) is 3.77. The Morgan fingerprint density at radius 2 is 2.00 bits per heavy atom. The summed E-state index contributed by atoms with van der Waals surface area (Å²) in [6, 6.07) is 12.1. The van der Waals surface area contributed by atoms with Crippen molar-refractivity contribution in [2.45, 2.75) is 12.3 Å². The number of hydrogen-bond donors (Lipinski definition) is 1. The maximum absolute atomic E-state index is 13.5. The molecular weight excluding hydrogens is 277 g/mol. The van der Waals surface area contributed by atoms with E-state index in [9.17, 15) is 4.39 Å². The van der Waals surface area contributed by atoms with Gasteiger partial charge in [-0.3, -0.25) is 0 Å². The van der Waals surface area contributed by atoms with Crippen LogP contribution in [-0.2, 0) is 6.42 Å². The first-order valence-corrected chi connectivity index (χ1v) is 6.80. The fourth-order valence-electron chi connectivity index (χ4n) is 2.27. The smallest absolute Gasteiger partial charge is 0.123 e. The second kappa shape index (κ2) is 6.73. The van der Waals surface area contributed by atoms with Gasteiger partial charge < -0.3 is 10.5 Å². The summed E-state index contributed by atoms with van der Waals surface area (Å²) in [5.41, 5.74) is 7.62. The Kier molecular flexibility index (Phi) is 4.99. The van der Waals surface area contributed by atoms with E-state index in [1.165, 1.54) is 12.1 Å². The molecule has 0 aromatic heterocycles. The lowest BCUT2D eigenvalue weighted by atomic mass is 9.91. The van der Waals surface area contributed by atoms with Crippen LogP contribution in [0.4, 0.5) is 4.39 Å². The molecule has 1 atom stereocenters. The molecule has 2 aromatic rings. The van der Waals surface area contributed by atoms with E-state index < -0.39 is 0 Å². The third-order valence-electron chi connectivity index (χ3n) is 3.34. The van der Waals surface area contributed by atoms with Crippen LogP contribution in [0.25, 0.3) is 0 Å². The number of ether oxygens (including phenoxy) is 1. The average molecular weight is 294 g/mol. The quantitative estimate of drug-likeness (QED) is 0.911. The molecule has 2 nitrogen and oxygen atoms in total. The summed E-state index contributed by atoms with van der Waals surface area (Å²) < 4.78 is 18.8. The minimum Gasteiger partial charge on any atom is -0.496 e. The van der Waals surface area contributed by atoms with E-state index in [0.717, 1.165) is 11.1 Å². The molecule has 0 aliphatic heterocycles. The largest absolute Gasteiger partial charge is 0.496 e. The monoisotopic (exact) mass is 293 g/mol. The molecule has 20 heavy (non-hydrogen) atoms. The van der Waals surface area contributed by atoms with Gasteiger partial charge >= 0.3 is 0 Å². The average Bonchev–Trinajstić information content (AvgIpc) is 2.46. The molecule has 1 unspecified atom stereocenters. The summed E-state index contributed by atoms with van der Waals surface area (Å²) in [4.78, 5) is 0. The Labute approximate surface area is 123 Å². The van der Waals surface area contributed by atoms with Crippen molar-refractivity contribution < 1.29 is 9.13 Å². The van der Waals surface area contributed by atoms with Crippen molar-refractivity contribution in [2.75, 3.05) is 13.7 Å². The molecule has 0 aliphatic carbocycles. The molecule has 0 spiro atoms. The molecular formula is C16H17ClFNO. The standard InChI is InChI=1S/C16H17ClFNO/c1-20-16-7-6-13(18)9-14(16)12(10-19)8-11-4-2-3-5-15(11)17/h2-7,9,12H,8,10,19H2,1H3. The van der Waals surface area contributed by atoms with Gasteiger partial charge in [0.15, 0.2) is 0 Å². The van der Waals surface area contributed by atoms with Crippen LogP contribution in [0, 0.1) is 5.82 Å². The summed E-state index contributed by atoms with van der Waals surface area (Å²) in [6.45, 7) is 0.394. The van der Waals surface area contributed by atoms with Gasteiger partial charge in [-0.05, 0) is 42.8 Å². The molecule has 0 aliphatic rings. The van der Waals surface area contributed by atoms with Gasteiger partial charge in [-0.2, -0.15) is 0 Å². The predicted molar refractivity (Wildman–Crippen MR) is 79.9 cm³/mol. The van der Waals surface area contributed by atoms with Crippen LogP contribution in [0.2, 0.25) is 5.02 Å². The van der Waals surface area contributed by atoms with E-state index in [0.29, 0.717) is 23.7 Å². The lowest BCUT2D eigenvalue weighted by molar-refractivity contribution is 0.403. The second-order valence-electron chi connectivity index (χ2n) is 4.61. The minimum atomic E-state index is -0.293. The van der Waals surface area contributed by atoms with Gasteiger partial charge in [0, 0.05) is 16.5 Å². The zero-order chi connectivity index (χ0) is 14.5. The number of nitrogens with two attached hydrogens (primary N) is 1. The number of rotatable bonds is 5. The first-order valence-electron chi connectivity index (χ1n) is 6.42. The van der Waals surface area contributed by atoms with Crippen LogP contribution in [0.15, 0.2) is 42.5 Å². The van der Waals surface area contributed by atoms with E-state index in [1.54, 1.807) is 13.2 Å². The normalized spacial score (nSPS) is 12.2. The molecule has 0 radical (unpaired) electrons. The number of halogens is 2. The van der Waals surface area contributed by atoms with Crippen molar-refractivity contribution in [2.24, 2.45) is 5.73 Å². The molecule has 4 heteroatoms. The highest BCUT2D eigenvalue weighted by Crippen LogP contribution is 2.31. The zero-order valence-electron chi connectivity index (χ0n) is 11.3. The van der Waals surface area contributed by atoms with Crippen molar-refractivity contribution in [1.82, 2.24) is 0 Å². The fourth-order valence-corrected chi connectivity index (χ4v) is 2.49. The van der Waals surface area contributed by atoms with Gasteiger partial charge in [0.2, 0.25) is 0 Å². The van der Waals surface area contributed by atoms with Gasteiger partial charge in [-0.1, -0.05) is 29.8 Å². The summed E-state index contributed by atoms with van der Waals surface area (Å²) in [7, 11) is 1.57. The van der Waals surface area contributed by atoms with Crippen LogP contribution in [0.5, 0.6) is 5.75 Å². The van der Waals surface area contributed by atoms with Crippen LogP contribution < -0.4 is 10.5 Å². The van der Waals surface area contributed by atoms with Crippen molar-refractivity contribution in [3.8, 4) is 5.75 Å². The molecule has 2 aromatic carbocycles. The van der Waals surface area contributed by atoms with E-state index in [1.807, 2.05) is 24.3 Å². The van der Waals surface area contributed by atoms with Crippen molar-refractivity contribution in [3.05, 3.63) is 64.4 Å². The van der Waals surface area contributed by atoms with Gasteiger partial charge in [-0.25, -0.2) is 4.39 Å². The molecule has 0 saturated heterocycles. The Bertz CT molecular complexity index is 588. The Balaban J connectivity index is 2.33. The molecule has 2 rings (SSSR count). The minimum absolute atomic E-state index is 0.0412. The van der Waals surface area contributed by atoms with Gasteiger partial charge in [0.1, 0.15) is 11.6 Å². The maximum atomic E-state index is 13.5. The molecule has 2 N–H and O–H groups in total. The van der Waals surface area contributed by atoms with E-state index in [4.69, 9.17) is 22.1 Å². The fraction of sp³-hybridized carbons (Fsp3) is 0.250. The van der Waals surface area contributed by atoms with Gasteiger partial charge in [0.25, 0.3) is 0 Å². The van der Waals surface area contributed by atoms with Gasteiger partial charge in [-0.15, -0.1) is 0 Å². The lowest BCUT2D eigenvalue weighted by Gasteiger charge is -2.19. The maximum Gasteiger partial charge on any atom is 0.123 e. The van der Waals surface area contributed by atoms with Crippen molar-refractivity contribution in [3.63, 3.8) is 0 Å². The molecule has 0 amide bonds. The summed E-state index contributed by atoms with van der Waals surface area (Å²) >= 11 is 6.17. The number of benzene rings is 2. The highest BCUT2D eigenvalue weighted by molar-refractivity contribution is 6.31. The second-order valence-corrected chi connectivity index (χ2v) is 5.02. The third kappa shape index (κ3) is 3.30. The Morgan fingerprint density at radius 3 is 2.65 bits per heavy atom.